The molecule has 0 aliphatic heterocycles. The van der Waals surface area contributed by atoms with E-state index in [0.29, 0.717) is 23.4 Å². The molecule has 0 radical (unpaired) electrons. The van der Waals surface area contributed by atoms with Gasteiger partial charge in [-0.25, -0.2) is 0 Å². The molecule has 4 nitrogen and oxygen atoms in total. The van der Waals surface area contributed by atoms with Crippen molar-refractivity contribution in [3.8, 4) is 18.1 Å². The molecule has 1 amide bonds. The molecule has 0 bridgehead atoms. The molecule has 1 N–H and O–H groups in total. The normalized spacial score (nSPS) is 10.5. The van der Waals surface area contributed by atoms with Gasteiger partial charge in [0.2, 0.25) is 5.91 Å². The fraction of sp³-hybridized carbons (Fsp3) is 0.167. The lowest BCUT2D eigenvalue weighted by atomic mass is 10.1. The molecule has 4 heteroatoms. The van der Waals surface area contributed by atoms with Crippen molar-refractivity contribution in [3.05, 3.63) is 36.4 Å². The van der Waals surface area contributed by atoms with Crippen LogP contribution in [-0.4, -0.2) is 12.5 Å². The molecule has 1 aromatic heterocycles. The summed E-state index contributed by atoms with van der Waals surface area (Å²) in [6.07, 6.45) is 5.64. The maximum Gasteiger partial charge on any atom is 0.224 e. The van der Waals surface area contributed by atoms with Crippen molar-refractivity contribution >= 4 is 33.5 Å². The number of ether oxygens (including phenoxy) is 1. The molecule has 1 heterocycles. The summed E-state index contributed by atoms with van der Waals surface area (Å²) in [6, 6.07) is 11.4. The molecule has 3 aromatic rings. The Morgan fingerprint density at radius 1 is 1.27 bits per heavy atom. The number of fused-ring (bicyclic) bond motifs is 3. The fourth-order valence-electron chi connectivity index (χ4n) is 2.33. The fourth-order valence-corrected chi connectivity index (χ4v) is 2.33. The topological polar surface area (TPSA) is 51.5 Å². The third-order valence-electron chi connectivity index (χ3n) is 3.39. The number of nitrogens with one attached hydrogen (secondary N) is 1. The zero-order chi connectivity index (χ0) is 15.5. The van der Waals surface area contributed by atoms with E-state index in [2.05, 4.69) is 11.2 Å². The Labute approximate surface area is 128 Å². The van der Waals surface area contributed by atoms with Crippen molar-refractivity contribution in [3.63, 3.8) is 0 Å². The van der Waals surface area contributed by atoms with Gasteiger partial charge >= 0.3 is 0 Å². The number of amides is 1. The van der Waals surface area contributed by atoms with Gasteiger partial charge in [0.25, 0.3) is 0 Å². The molecular formula is C18H15NO3. The average Bonchev–Trinajstić information content (AvgIpc) is 2.89. The van der Waals surface area contributed by atoms with Crippen molar-refractivity contribution in [1.29, 1.82) is 0 Å². The summed E-state index contributed by atoms with van der Waals surface area (Å²) >= 11 is 0. The van der Waals surface area contributed by atoms with E-state index >= 15 is 0 Å². The Morgan fingerprint density at radius 3 is 2.86 bits per heavy atom. The molecule has 22 heavy (non-hydrogen) atoms. The van der Waals surface area contributed by atoms with Crippen molar-refractivity contribution in [2.24, 2.45) is 0 Å². The Hall–Kier alpha value is -2.93. The second-order valence-corrected chi connectivity index (χ2v) is 4.84. The summed E-state index contributed by atoms with van der Waals surface area (Å²) in [5.74, 6) is 2.88. The molecular weight excluding hydrogens is 278 g/mol. The standard InChI is InChI=1S/C18H15NO3/c1-3-9-21-17-10-13-12-7-5-6-8-15(12)22-16(13)11-14(17)19-18(20)4-2/h1,5-8,10-11H,4,9H2,2H3,(H,19,20). The summed E-state index contributed by atoms with van der Waals surface area (Å²) in [5.41, 5.74) is 2.05. The second-order valence-electron chi connectivity index (χ2n) is 4.84. The predicted octanol–water partition coefficient (Wildman–Crippen LogP) is 3.95. The second kappa shape index (κ2) is 5.82. The van der Waals surface area contributed by atoms with E-state index in [1.165, 1.54) is 0 Å². The molecule has 0 aliphatic rings. The van der Waals surface area contributed by atoms with Gasteiger partial charge in [-0.15, -0.1) is 6.42 Å². The average molecular weight is 293 g/mol. The highest BCUT2D eigenvalue weighted by atomic mass is 16.5. The zero-order valence-corrected chi connectivity index (χ0v) is 12.2. The van der Waals surface area contributed by atoms with Gasteiger partial charge in [-0.3, -0.25) is 4.79 Å². The lowest BCUT2D eigenvalue weighted by Crippen LogP contribution is -2.11. The zero-order valence-electron chi connectivity index (χ0n) is 12.2. The van der Waals surface area contributed by atoms with Crippen LogP contribution in [0.3, 0.4) is 0 Å². The van der Waals surface area contributed by atoms with Crippen LogP contribution in [0.25, 0.3) is 21.9 Å². The molecule has 0 atom stereocenters. The van der Waals surface area contributed by atoms with Gasteiger partial charge in [-0.2, -0.15) is 0 Å². The van der Waals surface area contributed by atoms with Crippen LogP contribution in [0.2, 0.25) is 0 Å². The number of carbonyl (C=O) groups is 1. The quantitative estimate of drug-likeness (QED) is 0.741. The predicted molar refractivity (Wildman–Crippen MR) is 87.0 cm³/mol. The number of anilines is 1. The summed E-state index contributed by atoms with van der Waals surface area (Å²) in [4.78, 5) is 11.7. The van der Waals surface area contributed by atoms with Crippen molar-refractivity contribution in [2.45, 2.75) is 13.3 Å². The lowest BCUT2D eigenvalue weighted by Gasteiger charge is -2.10. The summed E-state index contributed by atoms with van der Waals surface area (Å²) in [6.45, 7) is 1.92. The van der Waals surface area contributed by atoms with E-state index in [9.17, 15) is 4.79 Å². The lowest BCUT2D eigenvalue weighted by molar-refractivity contribution is -0.115. The molecule has 3 rings (SSSR count). The van der Waals surface area contributed by atoms with Crippen LogP contribution < -0.4 is 10.1 Å². The van der Waals surface area contributed by atoms with E-state index in [-0.39, 0.29) is 12.5 Å². The number of para-hydroxylation sites is 1. The van der Waals surface area contributed by atoms with Crippen LogP contribution in [0.4, 0.5) is 5.69 Å². The minimum absolute atomic E-state index is 0.0963. The van der Waals surface area contributed by atoms with Crippen LogP contribution in [0.15, 0.2) is 40.8 Å². The molecule has 0 aliphatic carbocycles. The smallest absolute Gasteiger partial charge is 0.224 e. The van der Waals surface area contributed by atoms with Gasteiger partial charge in [0.1, 0.15) is 23.5 Å². The SMILES string of the molecule is C#CCOc1cc2c(cc1NC(=O)CC)oc1ccccc12. The first-order chi connectivity index (χ1) is 10.7. The maximum atomic E-state index is 11.7. The third kappa shape index (κ3) is 2.49. The molecule has 2 aromatic carbocycles. The molecule has 0 spiro atoms. The van der Waals surface area contributed by atoms with Crippen molar-refractivity contribution < 1.29 is 13.9 Å². The number of carbonyl (C=O) groups excluding carboxylic acids is 1. The van der Waals surface area contributed by atoms with Crippen molar-refractivity contribution in [2.75, 3.05) is 11.9 Å². The number of terminal acetylenes is 1. The third-order valence-corrected chi connectivity index (χ3v) is 3.39. The van der Waals surface area contributed by atoms with E-state index in [1.54, 1.807) is 13.0 Å². The molecule has 110 valence electrons. The minimum atomic E-state index is -0.0963. The van der Waals surface area contributed by atoms with Crippen LogP contribution in [0, 0.1) is 12.3 Å². The Bertz CT molecular complexity index is 886. The highest BCUT2D eigenvalue weighted by Crippen LogP contribution is 2.36. The van der Waals surface area contributed by atoms with Gasteiger partial charge in [0.15, 0.2) is 0 Å². The number of rotatable bonds is 4. The maximum absolute atomic E-state index is 11.7. The first-order valence-corrected chi connectivity index (χ1v) is 7.04. The Kier molecular flexibility index (Phi) is 3.71. The summed E-state index contributed by atoms with van der Waals surface area (Å²) in [5, 5.41) is 4.74. The molecule has 0 unspecified atom stereocenters. The van der Waals surface area contributed by atoms with Crippen LogP contribution in [0.1, 0.15) is 13.3 Å². The Balaban J connectivity index is 2.17. The van der Waals surface area contributed by atoms with Gasteiger partial charge < -0.3 is 14.5 Å². The van der Waals surface area contributed by atoms with Crippen LogP contribution in [-0.2, 0) is 4.79 Å². The molecule has 0 fully saturated rings. The van der Waals surface area contributed by atoms with E-state index < -0.39 is 0 Å². The van der Waals surface area contributed by atoms with Gasteiger partial charge in [-0.05, 0) is 12.1 Å². The van der Waals surface area contributed by atoms with E-state index in [4.69, 9.17) is 15.6 Å². The highest BCUT2D eigenvalue weighted by Gasteiger charge is 2.13. The van der Waals surface area contributed by atoms with Gasteiger partial charge in [-0.1, -0.05) is 31.0 Å². The van der Waals surface area contributed by atoms with E-state index in [0.717, 1.165) is 16.4 Å². The van der Waals surface area contributed by atoms with E-state index in [1.807, 2.05) is 30.3 Å². The monoisotopic (exact) mass is 293 g/mol. The molecule has 0 saturated heterocycles. The Morgan fingerprint density at radius 2 is 2.09 bits per heavy atom. The highest BCUT2D eigenvalue weighted by molar-refractivity contribution is 6.07. The largest absolute Gasteiger partial charge is 0.479 e. The first-order valence-electron chi connectivity index (χ1n) is 7.04. The molecule has 0 saturated carbocycles. The minimum Gasteiger partial charge on any atom is -0.479 e. The number of hydrogen-bond donors (Lipinski definition) is 1. The van der Waals surface area contributed by atoms with Crippen LogP contribution >= 0.6 is 0 Å². The number of hydrogen-bond acceptors (Lipinski definition) is 3. The van der Waals surface area contributed by atoms with Crippen LogP contribution in [0.5, 0.6) is 5.75 Å². The summed E-state index contributed by atoms with van der Waals surface area (Å²) < 4.78 is 11.4. The summed E-state index contributed by atoms with van der Waals surface area (Å²) in [7, 11) is 0. The van der Waals surface area contributed by atoms with Crippen molar-refractivity contribution in [1.82, 2.24) is 0 Å². The number of furan rings is 1. The van der Waals surface area contributed by atoms with Gasteiger partial charge in [0, 0.05) is 23.3 Å². The first kappa shape index (κ1) is 14.0. The van der Waals surface area contributed by atoms with Gasteiger partial charge in [0.05, 0.1) is 5.69 Å². The number of benzene rings is 2.